The highest BCUT2D eigenvalue weighted by Crippen LogP contribution is 2.32. The first-order valence-electron chi connectivity index (χ1n) is 7.22. The maximum Gasteiger partial charge on any atom is 0.227 e. The number of hydrogen-bond donors (Lipinski definition) is 1. The Balaban J connectivity index is 1.46. The maximum atomic E-state index is 5.36. The molecule has 0 saturated carbocycles. The van der Waals surface area contributed by atoms with Crippen LogP contribution in [0.4, 0.5) is 0 Å². The lowest BCUT2D eigenvalue weighted by Crippen LogP contribution is -2.38. The van der Waals surface area contributed by atoms with Crippen LogP contribution in [-0.2, 0) is 6.42 Å². The molecule has 2 bridgehead atoms. The summed E-state index contributed by atoms with van der Waals surface area (Å²) in [6.45, 7) is 0. The monoisotopic (exact) mass is 271 g/mol. The molecule has 4 heterocycles. The van der Waals surface area contributed by atoms with Crippen LogP contribution in [0.5, 0.6) is 0 Å². The lowest BCUT2D eigenvalue weighted by molar-refractivity contribution is 0.270. The van der Waals surface area contributed by atoms with Crippen LogP contribution in [0.15, 0.2) is 23.1 Å². The third-order valence-electron chi connectivity index (χ3n) is 4.29. The lowest BCUT2D eigenvalue weighted by atomic mass is 9.90. The van der Waals surface area contributed by atoms with Crippen molar-refractivity contribution in [2.75, 3.05) is 0 Å². The molecule has 0 amide bonds. The molecule has 0 aliphatic carbocycles. The standard InChI is InChI=1S/C14H17N5O/c1-2-11-6-9(5-10(1)17-11)7-13-18-14(19-20-13)12-8-15-3-4-16-12/h3-4,8-11,17H,1-2,5-7H2. The largest absolute Gasteiger partial charge is 0.339 e. The Bertz CT molecular complexity index is 572. The van der Waals surface area contributed by atoms with Crippen molar-refractivity contribution in [3.8, 4) is 11.5 Å². The van der Waals surface area contributed by atoms with Gasteiger partial charge in [0.05, 0.1) is 6.20 Å². The molecule has 2 saturated heterocycles. The van der Waals surface area contributed by atoms with E-state index in [2.05, 4.69) is 25.4 Å². The smallest absolute Gasteiger partial charge is 0.227 e. The first-order chi connectivity index (χ1) is 9.87. The van der Waals surface area contributed by atoms with Gasteiger partial charge in [0.25, 0.3) is 0 Å². The average molecular weight is 271 g/mol. The van der Waals surface area contributed by atoms with Crippen LogP contribution >= 0.6 is 0 Å². The Morgan fingerprint density at radius 1 is 1.20 bits per heavy atom. The number of piperidine rings is 1. The molecule has 0 aromatic carbocycles. The molecule has 2 fully saturated rings. The van der Waals surface area contributed by atoms with E-state index in [1.807, 2.05) is 0 Å². The topological polar surface area (TPSA) is 76.7 Å². The van der Waals surface area contributed by atoms with E-state index in [1.54, 1.807) is 18.6 Å². The molecule has 6 nitrogen and oxygen atoms in total. The molecule has 2 aliphatic heterocycles. The van der Waals surface area contributed by atoms with Crippen molar-refractivity contribution >= 4 is 0 Å². The van der Waals surface area contributed by atoms with Gasteiger partial charge in [-0.3, -0.25) is 4.98 Å². The Morgan fingerprint density at radius 2 is 2.05 bits per heavy atom. The molecular formula is C14H17N5O. The van der Waals surface area contributed by atoms with Crippen LogP contribution in [0.3, 0.4) is 0 Å². The van der Waals surface area contributed by atoms with Crippen molar-refractivity contribution in [2.24, 2.45) is 5.92 Å². The van der Waals surface area contributed by atoms with E-state index in [4.69, 9.17) is 4.52 Å². The summed E-state index contributed by atoms with van der Waals surface area (Å²) in [5.74, 6) is 1.91. The summed E-state index contributed by atoms with van der Waals surface area (Å²) in [5, 5.41) is 7.65. The highest BCUT2D eigenvalue weighted by molar-refractivity contribution is 5.45. The number of fused-ring (bicyclic) bond motifs is 2. The molecule has 4 rings (SSSR count). The number of aromatic nitrogens is 4. The van der Waals surface area contributed by atoms with E-state index in [1.165, 1.54) is 25.7 Å². The quantitative estimate of drug-likeness (QED) is 0.913. The number of nitrogens with one attached hydrogen (secondary N) is 1. The molecule has 0 radical (unpaired) electrons. The summed E-state index contributed by atoms with van der Waals surface area (Å²) in [6.07, 6.45) is 10.9. The van der Waals surface area contributed by atoms with E-state index in [0.29, 0.717) is 29.5 Å². The second-order valence-electron chi connectivity index (χ2n) is 5.78. The Kier molecular flexibility index (Phi) is 2.95. The number of hydrogen-bond acceptors (Lipinski definition) is 6. The van der Waals surface area contributed by atoms with Gasteiger partial charge in [0.2, 0.25) is 11.7 Å². The summed E-state index contributed by atoms with van der Waals surface area (Å²) in [7, 11) is 0. The number of nitrogens with zero attached hydrogens (tertiary/aromatic N) is 4. The normalized spacial score (nSPS) is 28.7. The van der Waals surface area contributed by atoms with E-state index < -0.39 is 0 Å². The summed E-state index contributed by atoms with van der Waals surface area (Å²) in [4.78, 5) is 12.7. The highest BCUT2D eigenvalue weighted by Gasteiger charge is 2.34. The zero-order chi connectivity index (χ0) is 13.4. The van der Waals surface area contributed by atoms with E-state index in [0.717, 1.165) is 12.3 Å². The molecule has 2 aliphatic rings. The predicted molar refractivity (Wildman–Crippen MR) is 71.7 cm³/mol. The molecule has 6 heteroatoms. The first kappa shape index (κ1) is 12.0. The van der Waals surface area contributed by atoms with Crippen LogP contribution in [0.25, 0.3) is 11.5 Å². The van der Waals surface area contributed by atoms with Crippen LogP contribution in [0, 0.1) is 5.92 Å². The van der Waals surface area contributed by atoms with Gasteiger partial charge in [0, 0.05) is 30.9 Å². The fourth-order valence-electron chi connectivity index (χ4n) is 3.45. The fourth-order valence-corrected chi connectivity index (χ4v) is 3.45. The van der Waals surface area contributed by atoms with Crippen molar-refractivity contribution < 1.29 is 4.52 Å². The molecule has 2 unspecified atom stereocenters. The Hall–Kier alpha value is -1.82. The molecule has 2 atom stereocenters. The van der Waals surface area contributed by atoms with Crippen molar-refractivity contribution in [3.05, 3.63) is 24.5 Å². The first-order valence-corrected chi connectivity index (χ1v) is 7.22. The van der Waals surface area contributed by atoms with Crippen molar-refractivity contribution in [1.29, 1.82) is 0 Å². The molecule has 1 N–H and O–H groups in total. The van der Waals surface area contributed by atoms with Crippen molar-refractivity contribution in [2.45, 2.75) is 44.2 Å². The van der Waals surface area contributed by atoms with Crippen molar-refractivity contribution in [3.63, 3.8) is 0 Å². The number of rotatable bonds is 3. The summed E-state index contributed by atoms with van der Waals surface area (Å²) in [5.41, 5.74) is 0.660. The van der Waals surface area contributed by atoms with Gasteiger partial charge in [-0.05, 0) is 31.6 Å². The van der Waals surface area contributed by atoms with Gasteiger partial charge in [-0.2, -0.15) is 4.98 Å². The third-order valence-corrected chi connectivity index (χ3v) is 4.29. The second kappa shape index (κ2) is 4.94. The van der Waals surface area contributed by atoms with Gasteiger partial charge in [-0.25, -0.2) is 4.98 Å². The van der Waals surface area contributed by atoms with Crippen LogP contribution in [0.1, 0.15) is 31.6 Å². The molecule has 0 spiro atoms. The minimum absolute atomic E-state index is 0.532. The summed E-state index contributed by atoms with van der Waals surface area (Å²) in [6, 6.07) is 1.39. The van der Waals surface area contributed by atoms with Gasteiger partial charge in [-0.15, -0.1) is 0 Å². The molecule has 20 heavy (non-hydrogen) atoms. The van der Waals surface area contributed by atoms with Gasteiger partial charge in [0.1, 0.15) is 5.69 Å². The minimum Gasteiger partial charge on any atom is -0.339 e. The molecule has 2 aromatic heterocycles. The third kappa shape index (κ3) is 2.31. The molecule has 104 valence electrons. The molecule has 2 aromatic rings. The van der Waals surface area contributed by atoms with E-state index >= 15 is 0 Å². The average Bonchev–Trinajstić information content (AvgIpc) is 3.07. The van der Waals surface area contributed by atoms with E-state index in [-0.39, 0.29) is 0 Å². The van der Waals surface area contributed by atoms with Gasteiger partial charge >= 0.3 is 0 Å². The summed E-state index contributed by atoms with van der Waals surface area (Å²) < 4.78 is 5.36. The van der Waals surface area contributed by atoms with Crippen LogP contribution < -0.4 is 5.32 Å². The SMILES string of the molecule is c1cnc(-c2noc(CC3CC4CCC(C3)N4)n2)cn1. The van der Waals surface area contributed by atoms with Gasteiger partial charge < -0.3 is 9.84 Å². The Morgan fingerprint density at radius 3 is 2.80 bits per heavy atom. The highest BCUT2D eigenvalue weighted by atomic mass is 16.5. The second-order valence-corrected chi connectivity index (χ2v) is 5.78. The summed E-state index contributed by atoms with van der Waals surface area (Å²) >= 11 is 0. The fraction of sp³-hybridized carbons (Fsp3) is 0.571. The maximum absolute atomic E-state index is 5.36. The van der Waals surface area contributed by atoms with Gasteiger partial charge in [-0.1, -0.05) is 5.16 Å². The van der Waals surface area contributed by atoms with Crippen molar-refractivity contribution in [1.82, 2.24) is 25.4 Å². The van der Waals surface area contributed by atoms with Crippen LogP contribution in [-0.4, -0.2) is 32.2 Å². The predicted octanol–water partition coefficient (Wildman–Crippen LogP) is 1.60. The van der Waals surface area contributed by atoms with Gasteiger partial charge in [0.15, 0.2) is 0 Å². The zero-order valence-electron chi connectivity index (χ0n) is 11.2. The minimum atomic E-state index is 0.532. The molecular weight excluding hydrogens is 254 g/mol. The Labute approximate surface area is 117 Å². The lowest BCUT2D eigenvalue weighted by Gasteiger charge is -2.27. The van der Waals surface area contributed by atoms with Crippen LogP contribution in [0.2, 0.25) is 0 Å². The van der Waals surface area contributed by atoms with E-state index in [9.17, 15) is 0 Å². The zero-order valence-corrected chi connectivity index (χ0v) is 11.2.